The molecule has 1 N–H and O–H groups in total. The molecular formula is C26H24ClNO3S. The number of thiophene rings is 1. The SMILES string of the molecule is CCOC(=O)c1c(NC(=O)/C(=C/c2ccccc2Cl)c2ccccc2)sc2c1CCCC2. The van der Waals surface area contributed by atoms with Crippen molar-refractivity contribution < 1.29 is 14.3 Å². The molecule has 0 aliphatic heterocycles. The molecule has 0 fully saturated rings. The predicted octanol–water partition coefficient (Wildman–Crippen LogP) is 6.64. The standard InChI is InChI=1S/C26H24ClNO3S/c1-2-31-26(30)23-19-13-7-9-15-22(19)32-25(23)28-24(29)20(17-10-4-3-5-11-17)16-18-12-6-8-14-21(18)27/h3-6,8,10-12,14,16H,2,7,9,13,15H2,1H3,(H,28,29)/b20-16+. The zero-order valence-corrected chi connectivity index (χ0v) is 19.4. The zero-order valence-electron chi connectivity index (χ0n) is 17.8. The van der Waals surface area contributed by atoms with E-state index >= 15 is 0 Å². The average molecular weight is 466 g/mol. The molecule has 0 saturated carbocycles. The Morgan fingerprint density at radius 2 is 1.78 bits per heavy atom. The number of halogens is 1. The second-order valence-electron chi connectivity index (χ2n) is 7.54. The Hall–Kier alpha value is -2.89. The molecule has 3 aromatic rings. The number of hydrogen-bond donors (Lipinski definition) is 1. The van der Waals surface area contributed by atoms with E-state index in [1.807, 2.05) is 48.5 Å². The number of aryl methyl sites for hydroxylation is 1. The van der Waals surface area contributed by atoms with Crippen molar-refractivity contribution in [3.05, 3.63) is 86.8 Å². The number of anilines is 1. The van der Waals surface area contributed by atoms with Crippen molar-refractivity contribution in [2.75, 3.05) is 11.9 Å². The van der Waals surface area contributed by atoms with Gasteiger partial charge in [0.05, 0.1) is 12.2 Å². The number of ether oxygens (including phenoxy) is 1. The highest BCUT2D eigenvalue weighted by Crippen LogP contribution is 2.39. The summed E-state index contributed by atoms with van der Waals surface area (Å²) in [6.45, 7) is 2.08. The second kappa shape index (κ2) is 10.2. The van der Waals surface area contributed by atoms with Gasteiger partial charge in [0.2, 0.25) is 0 Å². The van der Waals surface area contributed by atoms with Crippen LogP contribution in [-0.4, -0.2) is 18.5 Å². The topological polar surface area (TPSA) is 55.4 Å². The van der Waals surface area contributed by atoms with E-state index in [2.05, 4.69) is 5.32 Å². The monoisotopic (exact) mass is 465 g/mol. The highest BCUT2D eigenvalue weighted by molar-refractivity contribution is 7.17. The minimum absolute atomic E-state index is 0.290. The van der Waals surface area contributed by atoms with Crippen LogP contribution in [0.25, 0.3) is 11.6 Å². The molecule has 0 atom stereocenters. The maximum atomic E-state index is 13.5. The molecule has 6 heteroatoms. The molecule has 0 bridgehead atoms. The van der Waals surface area contributed by atoms with Crippen LogP contribution >= 0.6 is 22.9 Å². The van der Waals surface area contributed by atoms with E-state index in [1.54, 1.807) is 19.1 Å². The number of esters is 1. The molecule has 1 aliphatic rings. The summed E-state index contributed by atoms with van der Waals surface area (Å²) in [6.07, 6.45) is 5.65. The fourth-order valence-electron chi connectivity index (χ4n) is 3.89. The van der Waals surface area contributed by atoms with Crippen molar-refractivity contribution in [2.45, 2.75) is 32.6 Å². The molecule has 4 nitrogen and oxygen atoms in total. The highest BCUT2D eigenvalue weighted by Gasteiger charge is 2.28. The molecule has 1 heterocycles. The normalized spacial score (nSPS) is 13.4. The van der Waals surface area contributed by atoms with E-state index < -0.39 is 0 Å². The molecule has 0 spiro atoms. The summed E-state index contributed by atoms with van der Waals surface area (Å²) < 4.78 is 5.32. The second-order valence-corrected chi connectivity index (χ2v) is 9.05. The minimum atomic E-state index is -0.376. The van der Waals surface area contributed by atoms with Gasteiger partial charge in [0.1, 0.15) is 5.00 Å². The van der Waals surface area contributed by atoms with Crippen molar-refractivity contribution in [2.24, 2.45) is 0 Å². The van der Waals surface area contributed by atoms with Crippen LogP contribution in [0.3, 0.4) is 0 Å². The lowest BCUT2D eigenvalue weighted by Gasteiger charge is -2.13. The molecule has 1 aliphatic carbocycles. The zero-order chi connectivity index (χ0) is 22.5. The first-order chi connectivity index (χ1) is 15.6. The van der Waals surface area contributed by atoms with Gasteiger partial charge in [0, 0.05) is 15.5 Å². The molecule has 32 heavy (non-hydrogen) atoms. The van der Waals surface area contributed by atoms with Gasteiger partial charge in [0.15, 0.2) is 0 Å². The Kier molecular flexibility index (Phi) is 7.08. The molecule has 0 radical (unpaired) electrons. The van der Waals surface area contributed by atoms with Gasteiger partial charge in [0.25, 0.3) is 5.91 Å². The first-order valence-corrected chi connectivity index (χ1v) is 11.9. The van der Waals surface area contributed by atoms with Crippen molar-refractivity contribution in [1.29, 1.82) is 0 Å². The third kappa shape index (κ3) is 4.79. The molecule has 164 valence electrons. The van der Waals surface area contributed by atoms with Crippen LogP contribution in [0, 0.1) is 0 Å². The fourth-order valence-corrected chi connectivity index (χ4v) is 5.35. The Morgan fingerprint density at radius 1 is 1.06 bits per heavy atom. The van der Waals surface area contributed by atoms with Crippen molar-refractivity contribution in [3.8, 4) is 0 Å². The largest absolute Gasteiger partial charge is 0.462 e. The number of fused-ring (bicyclic) bond motifs is 1. The summed E-state index contributed by atoms with van der Waals surface area (Å²) in [5, 5.41) is 4.13. The summed E-state index contributed by atoms with van der Waals surface area (Å²) >= 11 is 7.84. The van der Waals surface area contributed by atoms with Crippen LogP contribution < -0.4 is 5.32 Å². The smallest absolute Gasteiger partial charge is 0.341 e. The van der Waals surface area contributed by atoms with Gasteiger partial charge in [-0.1, -0.05) is 60.1 Å². The molecule has 0 saturated heterocycles. The van der Waals surface area contributed by atoms with E-state index in [1.165, 1.54) is 11.3 Å². The van der Waals surface area contributed by atoms with Gasteiger partial charge < -0.3 is 10.1 Å². The highest BCUT2D eigenvalue weighted by atomic mass is 35.5. The number of benzene rings is 2. The van der Waals surface area contributed by atoms with Crippen LogP contribution in [0.4, 0.5) is 5.00 Å². The lowest BCUT2D eigenvalue weighted by atomic mass is 9.95. The summed E-state index contributed by atoms with van der Waals surface area (Å²) in [6, 6.07) is 16.8. The Morgan fingerprint density at radius 3 is 2.53 bits per heavy atom. The maximum Gasteiger partial charge on any atom is 0.341 e. The fraction of sp³-hybridized carbons (Fsp3) is 0.231. The van der Waals surface area contributed by atoms with Crippen LogP contribution in [0.15, 0.2) is 54.6 Å². The lowest BCUT2D eigenvalue weighted by Crippen LogP contribution is -2.16. The van der Waals surface area contributed by atoms with E-state index in [0.717, 1.165) is 47.3 Å². The third-order valence-corrected chi connectivity index (χ3v) is 6.96. The third-order valence-electron chi connectivity index (χ3n) is 5.41. The van der Waals surface area contributed by atoms with Gasteiger partial charge in [-0.05, 0) is 61.4 Å². The van der Waals surface area contributed by atoms with Crippen molar-refractivity contribution >= 4 is 51.5 Å². The molecule has 1 amide bonds. The van der Waals surface area contributed by atoms with E-state index in [4.69, 9.17) is 16.3 Å². The van der Waals surface area contributed by atoms with Crippen molar-refractivity contribution in [1.82, 2.24) is 0 Å². The number of rotatable bonds is 6. The molecule has 0 unspecified atom stereocenters. The lowest BCUT2D eigenvalue weighted by molar-refractivity contribution is -0.111. The Bertz CT molecular complexity index is 1170. The molecule has 2 aromatic carbocycles. The predicted molar refractivity (Wildman–Crippen MR) is 131 cm³/mol. The van der Waals surface area contributed by atoms with E-state index in [-0.39, 0.29) is 11.9 Å². The molecular weight excluding hydrogens is 442 g/mol. The number of carbonyl (C=O) groups excluding carboxylic acids is 2. The average Bonchev–Trinajstić information content (AvgIpc) is 3.17. The maximum absolute atomic E-state index is 13.5. The summed E-state index contributed by atoms with van der Waals surface area (Å²) in [7, 11) is 0. The van der Waals surface area contributed by atoms with Crippen molar-refractivity contribution in [3.63, 3.8) is 0 Å². The number of amides is 1. The summed E-state index contributed by atoms with van der Waals surface area (Å²) in [4.78, 5) is 27.4. The summed E-state index contributed by atoms with van der Waals surface area (Å²) in [5.41, 5.74) is 3.51. The van der Waals surface area contributed by atoms with E-state index in [9.17, 15) is 9.59 Å². The Balaban J connectivity index is 1.74. The first-order valence-electron chi connectivity index (χ1n) is 10.7. The van der Waals surface area contributed by atoms with Gasteiger partial charge in [-0.2, -0.15) is 0 Å². The minimum Gasteiger partial charge on any atom is -0.462 e. The van der Waals surface area contributed by atoms with Gasteiger partial charge in [-0.15, -0.1) is 11.3 Å². The number of carbonyl (C=O) groups is 2. The van der Waals surface area contributed by atoms with Crippen LogP contribution in [0.1, 0.15) is 51.7 Å². The molecule has 1 aromatic heterocycles. The van der Waals surface area contributed by atoms with Gasteiger partial charge in [-0.3, -0.25) is 4.79 Å². The Labute approximate surface area is 196 Å². The van der Waals surface area contributed by atoms with E-state index in [0.29, 0.717) is 27.8 Å². The molecule has 4 rings (SSSR count). The number of nitrogens with one attached hydrogen (secondary N) is 1. The quantitative estimate of drug-likeness (QED) is 0.252. The first kappa shape index (κ1) is 22.3. The van der Waals surface area contributed by atoms with Gasteiger partial charge in [-0.25, -0.2) is 4.79 Å². The van der Waals surface area contributed by atoms with Gasteiger partial charge >= 0.3 is 5.97 Å². The van der Waals surface area contributed by atoms with Crippen LogP contribution in [0.2, 0.25) is 5.02 Å². The van der Waals surface area contributed by atoms with Crippen LogP contribution in [0.5, 0.6) is 0 Å². The summed E-state index contributed by atoms with van der Waals surface area (Å²) in [5.74, 6) is -0.668. The number of hydrogen-bond acceptors (Lipinski definition) is 4. The van der Waals surface area contributed by atoms with Crippen LogP contribution in [-0.2, 0) is 22.4 Å².